The smallest absolute Gasteiger partial charge is 0.306 e. The first-order chi connectivity index (χ1) is 7.22. The van der Waals surface area contributed by atoms with Gasteiger partial charge >= 0.3 is 5.97 Å². The Morgan fingerprint density at radius 2 is 2.33 bits per heavy atom. The van der Waals surface area contributed by atoms with Gasteiger partial charge in [0.2, 0.25) is 0 Å². The average molecular weight is 211 g/mol. The Balaban J connectivity index is 1.95. The zero-order valence-corrected chi connectivity index (χ0v) is 9.50. The Hall–Kier alpha value is -0.570. The summed E-state index contributed by atoms with van der Waals surface area (Å²) >= 11 is 0. The molecule has 3 heteroatoms. The van der Waals surface area contributed by atoms with Crippen molar-refractivity contribution in [3.05, 3.63) is 0 Å². The molecule has 2 fully saturated rings. The van der Waals surface area contributed by atoms with Crippen LogP contribution in [0.1, 0.15) is 39.0 Å². The van der Waals surface area contributed by atoms with Crippen molar-refractivity contribution in [2.75, 3.05) is 13.2 Å². The van der Waals surface area contributed by atoms with E-state index in [4.69, 9.17) is 10.5 Å². The predicted octanol–water partition coefficient (Wildman–Crippen LogP) is 1.70. The van der Waals surface area contributed by atoms with E-state index in [1.807, 2.05) is 6.92 Å². The molecule has 0 aromatic carbocycles. The molecule has 0 aliphatic heterocycles. The van der Waals surface area contributed by atoms with Crippen molar-refractivity contribution in [2.45, 2.75) is 39.0 Å². The van der Waals surface area contributed by atoms with Gasteiger partial charge in [-0.2, -0.15) is 0 Å². The number of hydrogen-bond acceptors (Lipinski definition) is 3. The van der Waals surface area contributed by atoms with Crippen LogP contribution in [0.3, 0.4) is 0 Å². The molecule has 0 bridgehead atoms. The first-order valence-corrected chi connectivity index (χ1v) is 6.07. The zero-order valence-electron chi connectivity index (χ0n) is 9.50. The van der Waals surface area contributed by atoms with Crippen LogP contribution in [0, 0.1) is 17.3 Å². The van der Waals surface area contributed by atoms with Gasteiger partial charge < -0.3 is 10.5 Å². The summed E-state index contributed by atoms with van der Waals surface area (Å²) in [6, 6.07) is 0. The molecule has 86 valence electrons. The van der Waals surface area contributed by atoms with Gasteiger partial charge in [0.25, 0.3) is 0 Å². The first kappa shape index (κ1) is 10.9. The molecular formula is C12H21NO2. The van der Waals surface area contributed by atoms with Crippen LogP contribution in [-0.2, 0) is 9.53 Å². The van der Waals surface area contributed by atoms with Gasteiger partial charge in [0.05, 0.1) is 13.0 Å². The number of esters is 1. The molecule has 3 atom stereocenters. The third kappa shape index (κ3) is 1.78. The van der Waals surface area contributed by atoms with Crippen LogP contribution in [0.2, 0.25) is 0 Å². The topological polar surface area (TPSA) is 52.3 Å². The molecule has 0 amide bonds. The van der Waals surface area contributed by atoms with E-state index >= 15 is 0 Å². The second-order valence-electron chi connectivity index (χ2n) is 5.05. The number of carbonyl (C=O) groups is 1. The van der Waals surface area contributed by atoms with Gasteiger partial charge in [0.15, 0.2) is 0 Å². The van der Waals surface area contributed by atoms with Crippen molar-refractivity contribution < 1.29 is 9.53 Å². The lowest BCUT2D eigenvalue weighted by Crippen LogP contribution is -2.51. The van der Waals surface area contributed by atoms with Gasteiger partial charge in [0, 0.05) is 0 Å². The Morgan fingerprint density at radius 1 is 1.53 bits per heavy atom. The summed E-state index contributed by atoms with van der Waals surface area (Å²) in [5.41, 5.74) is 5.95. The molecule has 0 spiro atoms. The van der Waals surface area contributed by atoms with Gasteiger partial charge in [-0.3, -0.25) is 4.79 Å². The molecule has 2 aliphatic carbocycles. The standard InChI is InChI=1S/C12H21NO2/c1-2-15-11(14)7-12(8-13)6-9-4-3-5-10(9)12/h9-10H,2-8,13H2,1H3/t9-,10-,12-/m1/s1. The van der Waals surface area contributed by atoms with Crippen LogP contribution in [0.25, 0.3) is 0 Å². The van der Waals surface area contributed by atoms with E-state index in [2.05, 4.69) is 0 Å². The normalized spacial score (nSPS) is 38.3. The SMILES string of the molecule is CCOC(=O)C[C@@]1(CN)C[C@H]2CCC[C@H]21. The van der Waals surface area contributed by atoms with E-state index in [0.717, 1.165) is 12.3 Å². The summed E-state index contributed by atoms with van der Waals surface area (Å²) in [5.74, 6) is 1.49. The fourth-order valence-electron chi connectivity index (χ4n) is 3.61. The first-order valence-electron chi connectivity index (χ1n) is 6.07. The fraction of sp³-hybridized carbons (Fsp3) is 0.917. The molecule has 2 aliphatic rings. The van der Waals surface area contributed by atoms with E-state index in [0.29, 0.717) is 25.5 Å². The number of fused-ring (bicyclic) bond motifs is 1. The summed E-state index contributed by atoms with van der Waals surface area (Å²) in [7, 11) is 0. The molecule has 15 heavy (non-hydrogen) atoms. The van der Waals surface area contributed by atoms with Gasteiger partial charge in [0.1, 0.15) is 0 Å². The number of carbonyl (C=O) groups excluding carboxylic acids is 1. The van der Waals surface area contributed by atoms with Crippen molar-refractivity contribution in [1.82, 2.24) is 0 Å². The van der Waals surface area contributed by atoms with Crippen LogP contribution >= 0.6 is 0 Å². The van der Waals surface area contributed by atoms with Gasteiger partial charge in [-0.05, 0) is 43.6 Å². The lowest BCUT2D eigenvalue weighted by molar-refractivity contribution is -0.151. The molecule has 0 radical (unpaired) electrons. The minimum atomic E-state index is -0.0618. The van der Waals surface area contributed by atoms with Crippen LogP contribution in [0.4, 0.5) is 0 Å². The summed E-state index contributed by atoms with van der Waals surface area (Å²) in [6.07, 6.45) is 5.61. The van der Waals surface area contributed by atoms with Crippen molar-refractivity contribution in [3.63, 3.8) is 0 Å². The summed E-state index contributed by atoms with van der Waals surface area (Å²) in [5, 5.41) is 0. The quantitative estimate of drug-likeness (QED) is 0.720. The Morgan fingerprint density at radius 3 is 2.93 bits per heavy atom. The van der Waals surface area contributed by atoms with E-state index in [-0.39, 0.29) is 11.4 Å². The number of rotatable bonds is 4. The highest BCUT2D eigenvalue weighted by Gasteiger charge is 2.55. The number of nitrogens with two attached hydrogens (primary N) is 1. The largest absolute Gasteiger partial charge is 0.466 e. The molecule has 0 heterocycles. The third-order valence-electron chi connectivity index (χ3n) is 4.32. The molecule has 2 saturated carbocycles. The van der Waals surface area contributed by atoms with Gasteiger partial charge in [-0.1, -0.05) is 12.8 Å². The summed E-state index contributed by atoms with van der Waals surface area (Å²) in [4.78, 5) is 11.5. The highest BCUT2D eigenvalue weighted by atomic mass is 16.5. The van der Waals surface area contributed by atoms with Crippen molar-refractivity contribution in [3.8, 4) is 0 Å². The second-order valence-corrected chi connectivity index (χ2v) is 5.05. The number of hydrogen-bond donors (Lipinski definition) is 1. The third-order valence-corrected chi connectivity index (χ3v) is 4.32. The van der Waals surface area contributed by atoms with E-state index in [1.54, 1.807) is 0 Å². The predicted molar refractivity (Wildman–Crippen MR) is 58.2 cm³/mol. The Labute approximate surface area is 91.4 Å². The molecule has 0 aromatic heterocycles. The highest BCUT2D eigenvalue weighted by Crippen LogP contribution is 2.60. The molecular weight excluding hydrogens is 190 g/mol. The van der Waals surface area contributed by atoms with E-state index in [9.17, 15) is 4.79 Å². The van der Waals surface area contributed by atoms with Crippen LogP contribution < -0.4 is 5.73 Å². The lowest BCUT2D eigenvalue weighted by atomic mass is 9.53. The molecule has 2 rings (SSSR count). The highest BCUT2D eigenvalue weighted by molar-refractivity contribution is 5.70. The molecule has 2 N–H and O–H groups in total. The van der Waals surface area contributed by atoms with E-state index in [1.165, 1.54) is 19.3 Å². The maximum absolute atomic E-state index is 11.5. The minimum absolute atomic E-state index is 0.0618. The van der Waals surface area contributed by atoms with Crippen LogP contribution in [0.5, 0.6) is 0 Å². The second kappa shape index (κ2) is 4.12. The van der Waals surface area contributed by atoms with Gasteiger partial charge in [-0.15, -0.1) is 0 Å². The number of ether oxygens (including phenoxy) is 1. The zero-order chi connectivity index (χ0) is 10.9. The average Bonchev–Trinajstić information content (AvgIpc) is 2.58. The monoisotopic (exact) mass is 211 g/mol. The fourth-order valence-corrected chi connectivity index (χ4v) is 3.61. The summed E-state index contributed by atoms with van der Waals surface area (Å²) in [6.45, 7) is 2.98. The molecule has 0 unspecified atom stereocenters. The van der Waals surface area contributed by atoms with Crippen molar-refractivity contribution >= 4 is 5.97 Å². The summed E-state index contributed by atoms with van der Waals surface area (Å²) < 4.78 is 5.03. The maximum Gasteiger partial charge on any atom is 0.306 e. The minimum Gasteiger partial charge on any atom is -0.466 e. The molecule has 3 nitrogen and oxygen atoms in total. The van der Waals surface area contributed by atoms with Gasteiger partial charge in [-0.25, -0.2) is 0 Å². The Kier molecular flexibility index (Phi) is 3.01. The lowest BCUT2D eigenvalue weighted by Gasteiger charge is -2.52. The molecule has 0 saturated heterocycles. The van der Waals surface area contributed by atoms with E-state index < -0.39 is 0 Å². The van der Waals surface area contributed by atoms with Crippen molar-refractivity contribution in [1.29, 1.82) is 0 Å². The molecule has 0 aromatic rings. The van der Waals surface area contributed by atoms with Crippen LogP contribution in [0.15, 0.2) is 0 Å². The maximum atomic E-state index is 11.5. The van der Waals surface area contributed by atoms with Crippen molar-refractivity contribution in [2.24, 2.45) is 23.0 Å². The van der Waals surface area contributed by atoms with Crippen LogP contribution in [-0.4, -0.2) is 19.1 Å². The Bertz CT molecular complexity index is 254.